The summed E-state index contributed by atoms with van der Waals surface area (Å²) < 4.78 is 172. The minimum atomic E-state index is -6.59. The van der Waals surface area contributed by atoms with Gasteiger partial charge in [-0.1, -0.05) is 41.5 Å². The molecule has 0 aliphatic heterocycles. The minimum absolute atomic E-state index is 1.16. The fourth-order valence-corrected chi connectivity index (χ4v) is 1.75. The zero-order valence-corrected chi connectivity index (χ0v) is 20.3. The van der Waals surface area contributed by atoms with Gasteiger partial charge in [-0.25, -0.2) is 0 Å². The van der Waals surface area contributed by atoms with Crippen molar-refractivity contribution in [1.29, 1.82) is 0 Å². The summed E-state index contributed by atoms with van der Waals surface area (Å²) in [4.78, 5) is 44.2. The van der Waals surface area contributed by atoms with Gasteiger partial charge in [0.2, 0.25) is 11.6 Å². The van der Waals surface area contributed by atoms with Gasteiger partial charge in [0.25, 0.3) is 0 Å². The lowest BCUT2D eigenvalue weighted by atomic mass is 9.86. The second-order valence-electron chi connectivity index (χ2n) is 9.84. The summed E-state index contributed by atoms with van der Waals surface area (Å²) in [5, 5.41) is 0. The van der Waals surface area contributed by atoms with Crippen LogP contribution in [0.4, 0.5) is 61.5 Å². The van der Waals surface area contributed by atoms with Gasteiger partial charge in [0.05, 0.1) is 12.8 Å². The predicted octanol–water partition coefficient (Wildman–Crippen LogP) is 6.79. The molecule has 0 aliphatic rings. The number of hydrogen-bond acceptors (Lipinski definition) is 4. The zero-order chi connectivity index (χ0) is 31.7. The fraction of sp³-hybridized carbons (Fsp3) is 0.800. The van der Waals surface area contributed by atoms with E-state index in [0.29, 0.717) is 0 Å². The maximum Gasteiger partial charge on any atom is 0.460 e. The van der Waals surface area contributed by atoms with Gasteiger partial charge in [-0.3, -0.25) is 19.2 Å². The number of carbonyl (C=O) groups is 4. The molecule has 0 saturated heterocycles. The number of rotatable bonds is 8. The van der Waals surface area contributed by atoms with E-state index in [9.17, 15) is 80.6 Å². The van der Waals surface area contributed by atoms with Crippen molar-refractivity contribution < 1.29 is 80.6 Å². The molecular formula is C20H22F14O4. The Bertz CT molecular complexity index is 827. The van der Waals surface area contributed by atoms with Gasteiger partial charge in [-0.2, -0.15) is 61.5 Å². The first-order valence-electron chi connectivity index (χ1n) is 9.88. The molecule has 18 heteroatoms. The molecule has 0 heterocycles. The van der Waals surface area contributed by atoms with Gasteiger partial charge in [-0.05, 0) is 0 Å². The Hall–Kier alpha value is -2.30. The molecule has 0 radical (unpaired) electrons. The topological polar surface area (TPSA) is 68.3 Å². The number of hydrogen-bond donors (Lipinski definition) is 0. The van der Waals surface area contributed by atoms with Crippen LogP contribution < -0.4 is 0 Å². The van der Waals surface area contributed by atoms with Crippen LogP contribution in [-0.4, -0.2) is 59.2 Å². The third-order valence-corrected chi connectivity index (χ3v) is 4.52. The van der Waals surface area contributed by atoms with Crippen molar-refractivity contribution in [2.45, 2.75) is 90.4 Å². The first kappa shape index (κ1) is 37.9. The van der Waals surface area contributed by atoms with E-state index >= 15 is 0 Å². The molecule has 0 fully saturated rings. The lowest BCUT2D eigenvalue weighted by Gasteiger charge is -2.27. The van der Waals surface area contributed by atoms with Crippen LogP contribution in [0.5, 0.6) is 0 Å². The van der Waals surface area contributed by atoms with Crippen LogP contribution in [0, 0.1) is 10.8 Å². The second kappa shape index (κ2) is 11.1. The summed E-state index contributed by atoms with van der Waals surface area (Å²) in [7, 11) is 0. The molecular weight excluding hydrogens is 570 g/mol. The van der Waals surface area contributed by atoms with Crippen LogP contribution in [-0.2, 0) is 19.2 Å². The van der Waals surface area contributed by atoms with Crippen molar-refractivity contribution in [3.8, 4) is 0 Å². The molecule has 0 aliphatic carbocycles. The maximum absolute atomic E-state index is 12.9. The Kier molecular flexibility index (Phi) is 11.0. The van der Waals surface area contributed by atoms with Gasteiger partial charge in [-0.15, -0.1) is 0 Å². The molecule has 0 aromatic carbocycles. The minimum Gasteiger partial charge on any atom is -0.299 e. The van der Waals surface area contributed by atoms with Crippen molar-refractivity contribution in [2.75, 3.05) is 0 Å². The van der Waals surface area contributed by atoms with E-state index in [1.165, 1.54) is 41.5 Å². The van der Waals surface area contributed by atoms with Crippen LogP contribution in [0.15, 0.2) is 0 Å². The Morgan fingerprint density at radius 1 is 0.395 bits per heavy atom. The quantitative estimate of drug-likeness (QED) is 0.230. The first-order valence-corrected chi connectivity index (χ1v) is 9.88. The van der Waals surface area contributed by atoms with Crippen LogP contribution in [0.2, 0.25) is 0 Å². The van der Waals surface area contributed by atoms with E-state index in [1.54, 1.807) is 0 Å². The number of halogens is 14. The maximum atomic E-state index is 12.9. The molecule has 0 rings (SSSR count). The summed E-state index contributed by atoms with van der Waals surface area (Å²) in [6.07, 6.45) is -16.6. The fourth-order valence-electron chi connectivity index (χ4n) is 1.75. The summed E-state index contributed by atoms with van der Waals surface area (Å²) >= 11 is 0. The smallest absolute Gasteiger partial charge is 0.299 e. The van der Waals surface area contributed by atoms with Gasteiger partial charge in [0, 0.05) is 10.8 Å². The van der Waals surface area contributed by atoms with E-state index < -0.39 is 82.8 Å². The number of ketones is 4. The highest BCUT2D eigenvalue weighted by atomic mass is 19.4. The molecule has 0 aromatic heterocycles. The Balaban J connectivity index is 0. The van der Waals surface area contributed by atoms with Gasteiger partial charge in [0.15, 0.2) is 0 Å². The highest BCUT2D eigenvalue weighted by Gasteiger charge is 2.76. The summed E-state index contributed by atoms with van der Waals surface area (Å²) in [6.45, 7) is 7.27. The molecule has 0 spiro atoms. The Labute approximate surface area is 206 Å². The van der Waals surface area contributed by atoms with Crippen LogP contribution in [0.25, 0.3) is 0 Å². The highest BCUT2D eigenvalue weighted by molar-refractivity contribution is 6.05. The SMILES string of the molecule is CC(C)(C)C(=O)CC(=O)C(F)(F)C(F)(F)C(F)(F)F.CC(C)(C)C(=O)CC(=O)C(F)(F)C(F)(F)C(F)(F)F. The number of alkyl halides is 14. The normalized spacial score (nSPS) is 14.4. The van der Waals surface area contributed by atoms with Crippen LogP contribution in [0.3, 0.4) is 0 Å². The molecule has 0 bridgehead atoms. The highest BCUT2D eigenvalue weighted by Crippen LogP contribution is 2.48. The van der Waals surface area contributed by atoms with E-state index in [0.717, 1.165) is 0 Å². The monoisotopic (exact) mass is 592 g/mol. The van der Waals surface area contributed by atoms with Crippen molar-refractivity contribution in [2.24, 2.45) is 10.8 Å². The van der Waals surface area contributed by atoms with Crippen LogP contribution >= 0.6 is 0 Å². The molecule has 0 saturated carbocycles. The van der Waals surface area contributed by atoms with Crippen molar-refractivity contribution in [3.63, 3.8) is 0 Å². The zero-order valence-electron chi connectivity index (χ0n) is 20.3. The molecule has 4 nitrogen and oxygen atoms in total. The standard InChI is InChI=1S/2C10H11F7O2/c2*1-7(2,3)5(18)4-6(19)8(11,12)9(13,14)10(15,16)17/h2*4H2,1-3H3. The second-order valence-corrected chi connectivity index (χ2v) is 9.84. The van der Waals surface area contributed by atoms with E-state index in [2.05, 4.69) is 0 Å². The van der Waals surface area contributed by atoms with Crippen molar-refractivity contribution in [3.05, 3.63) is 0 Å². The van der Waals surface area contributed by atoms with E-state index in [4.69, 9.17) is 0 Å². The van der Waals surface area contributed by atoms with Crippen molar-refractivity contribution in [1.82, 2.24) is 0 Å². The number of Topliss-reactive ketones (excluding diaryl/α,β-unsaturated/α-hetero) is 4. The predicted molar refractivity (Wildman–Crippen MR) is 100 cm³/mol. The molecule has 0 unspecified atom stereocenters. The molecule has 38 heavy (non-hydrogen) atoms. The largest absolute Gasteiger partial charge is 0.460 e. The molecule has 224 valence electrons. The average molecular weight is 592 g/mol. The van der Waals surface area contributed by atoms with Crippen molar-refractivity contribution >= 4 is 23.1 Å². The average Bonchev–Trinajstić information content (AvgIpc) is 2.64. The third kappa shape index (κ3) is 8.35. The van der Waals surface area contributed by atoms with E-state index in [-0.39, 0.29) is 0 Å². The van der Waals surface area contributed by atoms with Gasteiger partial charge in [0.1, 0.15) is 11.6 Å². The number of carbonyl (C=O) groups excluding carboxylic acids is 4. The Morgan fingerprint density at radius 2 is 0.579 bits per heavy atom. The molecule has 0 atom stereocenters. The first-order chi connectivity index (χ1) is 16.1. The van der Waals surface area contributed by atoms with Gasteiger partial charge < -0.3 is 0 Å². The summed E-state index contributed by atoms with van der Waals surface area (Å²) in [5.74, 6) is -32.8. The lowest BCUT2D eigenvalue weighted by molar-refractivity contribution is -0.343. The lowest BCUT2D eigenvalue weighted by Crippen LogP contribution is -2.56. The molecule has 0 aromatic rings. The Morgan fingerprint density at radius 3 is 0.711 bits per heavy atom. The van der Waals surface area contributed by atoms with Crippen LogP contribution in [0.1, 0.15) is 54.4 Å². The summed E-state index contributed by atoms with van der Waals surface area (Å²) in [6, 6.07) is 0. The molecule has 0 N–H and O–H groups in total. The van der Waals surface area contributed by atoms with E-state index in [1.807, 2.05) is 0 Å². The molecule has 0 amide bonds. The van der Waals surface area contributed by atoms with Gasteiger partial charge >= 0.3 is 36.0 Å². The summed E-state index contributed by atoms with van der Waals surface area (Å²) in [5.41, 5.74) is -2.61. The third-order valence-electron chi connectivity index (χ3n) is 4.52.